The summed E-state index contributed by atoms with van der Waals surface area (Å²) in [6.07, 6.45) is 6.95. The molecule has 0 aromatic heterocycles. The number of nitrogens with zero attached hydrogens (tertiary/aromatic N) is 2. The molecule has 1 amide bonds. The highest BCUT2D eigenvalue weighted by atomic mass is 127. The summed E-state index contributed by atoms with van der Waals surface area (Å²) in [5.41, 5.74) is 0.793. The predicted octanol–water partition coefficient (Wildman–Crippen LogP) is 1.50. The molecule has 12 heavy (non-hydrogen) atoms. The Balaban J connectivity index is 2.43. The SMILES string of the molecule is O=C1N=CN=C2C=C(I)C=CC12. The second-order valence-corrected chi connectivity index (χ2v) is 3.75. The predicted molar refractivity (Wildman–Crippen MR) is 55.7 cm³/mol. The molecule has 2 rings (SSSR count). The fraction of sp³-hybridized carbons (Fsp3) is 0.125. The first-order chi connectivity index (χ1) is 5.77. The summed E-state index contributed by atoms with van der Waals surface area (Å²) in [5.74, 6) is -0.370. The Morgan fingerprint density at radius 1 is 1.50 bits per heavy atom. The van der Waals surface area contributed by atoms with Gasteiger partial charge in [0.2, 0.25) is 0 Å². The second-order valence-electron chi connectivity index (χ2n) is 2.50. The van der Waals surface area contributed by atoms with Crippen molar-refractivity contribution < 1.29 is 4.79 Å². The Bertz CT molecular complexity index is 352. The van der Waals surface area contributed by atoms with Crippen molar-refractivity contribution in [1.82, 2.24) is 0 Å². The maximum atomic E-state index is 11.2. The highest BCUT2D eigenvalue weighted by Gasteiger charge is 2.24. The minimum Gasteiger partial charge on any atom is -0.271 e. The second kappa shape index (κ2) is 2.93. The van der Waals surface area contributed by atoms with Gasteiger partial charge in [0.05, 0.1) is 5.71 Å². The summed E-state index contributed by atoms with van der Waals surface area (Å²) in [6.45, 7) is 0. The van der Waals surface area contributed by atoms with Crippen molar-refractivity contribution in [2.75, 3.05) is 0 Å². The maximum Gasteiger partial charge on any atom is 0.260 e. The Morgan fingerprint density at radius 2 is 2.33 bits per heavy atom. The molecule has 0 saturated heterocycles. The number of rotatable bonds is 0. The molecule has 0 spiro atoms. The number of allylic oxidation sites excluding steroid dienone is 3. The summed E-state index contributed by atoms with van der Waals surface area (Å²) < 4.78 is 1.09. The van der Waals surface area contributed by atoms with Crippen molar-refractivity contribution in [2.45, 2.75) is 0 Å². The third-order valence-electron chi connectivity index (χ3n) is 1.71. The molecule has 0 aromatic rings. The molecular formula is C8H5IN2O. The van der Waals surface area contributed by atoms with Crippen LogP contribution >= 0.6 is 22.6 Å². The van der Waals surface area contributed by atoms with Gasteiger partial charge < -0.3 is 0 Å². The quantitative estimate of drug-likeness (QED) is 0.616. The lowest BCUT2D eigenvalue weighted by Crippen LogP contribution is -2.24. The van der Waals surface area contributed by atoms with Gasteiger partial charge in [0.1, 0.15) is 12.3 Å². The number of carbonyl (C=O) groups excluding carboxylic acids is 1. The molecule has 0 saturated carbocycles. The monoisotopic (exact) mass is 272 g/mol. The van der Waals surface area contributed by atoms with Crippen LogP contribution in [0.25, 0.3) is 0 Å². The summed E-state index contributed by atoms with van der Waals surface area (Å²) in [4.78, 5) is 18.8. The van der Waals surface area contributed by atoms with Crippen LogP contribution in [0.3, 0.4) is 0 Å². The molecule has 3 nitrogen and oxygen atoms in total. The molecule has 1 unspecified atom stereocenters. The summed E-state index contributed by atoms with van der Waals surface area (Å²) in [7, 11) is 0. The fourth-order valence-corrected chi connectivity index (χ4v) is 1.65. The Labute approximate surface area is 83.1 Å². The van der Waals surface area contributed by atoms with Crippen LogP contribution in [-0.4, -0.2) is 18.0 Å². The van der Waals surface area contributed by atoms with Crippen molar-refractivity contribution in [3.05, 3.63) is 21.8 Å². The minimum absolute atomic E-state index is 0.128. The van der Waals surface area contributed by atoms with Crippen LogP contribution in [0.1, 0.15) is 0 Å². The van der Waals surface area contributed by atoms with Crippen molar-refractivity contribution >= 4 is 40.5 Å². The van der Waals surface area contributed by atoms with Gasteiger partial charge in [-0.2, -0.15) is 0 Å². The molecule has 2 aliphatic rings. The maximum absolute atomic E-state index is 11.2. The highest BCUT2D eigenvalue weighted by molar-refractivity contribution is 14.1. The Hall–Kier alpha value is -0.780. The number of hydrogen-bond acceptors (Lipinski definition) is 2. The number of fused-ring (bicyclic) bond motifs is 1. The van der Waals surface area contributed by atoms with Crippen LogP contribution in [0.15, 0.2) is 31.8 Å². The molecular weight excluding hydrogens is 267 g/mol. The molecule has 0 N–H and O–H groups in total. The molecule has 1 aliphatic heterocycles. The average molecular weight is 272 g/mol. The first-order valence-corrected chi connectivity index (χ1v) is 4.55. The topological polar surface area (TPSA) is 41.8 Å². The van der Waals surface area contributed by atoms with Gasteiger partial charge in [-0.15, -0.1) is 0 Å². The van der Waals surface area contributed by atoms with Crippen LogP contribution in [-0.2, 0) is 4.79 Å². The van der Waals surface area contributed by atoms with Crippen molar-refractivity contribution in [2.24, 2.45) is 15.9 Å². The lowest BCUT2D eigenvalue weighted by molar-refractivity contribution is -0.118. The van der Waals surface area contributed by atoms with Crippen molar-refractivity contribution in [3.8, 4) is 0 Å². The van der Waals surface area contributed by atoms with Crippen LogP contribution in [0.2, 0.25) is 0 Å². The van der Waals surface area contributed by atoms with E-state index in [0.717, 1.165) is 9.29 Å². The van der Waals surface area contributed by atoms with E-state index in [4.69, 9.17) is 0 Å². The molecule has 1 aliphatic carbocycles. The van der Waals surface area contributed by atoms with Gasteiger partial charge in [0, 0.05) is 3.58 Å². The van der Waals surface area contributed by atoms with Gasteiger partial charge in [-0.25, -0.2) is 9.98 Å². The summed E-state index contributed by atoms with van der Waals surface area (Å²) in [5, 5.41) is 0. The van der Waals surface area contributed by atoms with Gasteiger partial charge in [-0.3, -0.25) is 4.79 Å². The minimum atomic E-state index is -0.242. The number of hydrogen-bond donors (Lipinski definition) is 0. The standard InChI is InChI=1S/C8H5IN2O/c9-5-1-2-6-7(3-5)10-4-11-8(6)12/h1-4,6H. The zero-order valence-electron chi connectivity index (χ0n) is 6.07. The smallest absolute Gasteiger partial charge is 0.260 e. The van der Waals surface area contributed by atoms with E-state index in [2.05, 4.69) is 32.6 Å². The summed E-state index contributed by atoms with van der Waals surface area (Å²) in [6, 6.07) is 0. The van der Waals surface area contributed by atoms with E-state index in [1.54, 1.807) is 0 Å². The molecule has 0 bridgehead atoms. The van der Waals surface area contributed by atoms with Crippen LogP contribution < -0.4 is 0 Å². The van der Waals surface area contributed by atoms with E-state index >= 15 is 0 Å². The summed E-state index contributed by atoms with van der Waals surface area (Å²) >= 11 is 2.19. The normalized spacial score (nSPS) is 26.4. The zero-order valence-corrected chi connectivity index (χ0v) is 8.22. The van der Waals surface area contributed by atoms with E-state index in [0.29, 0.717) is 0 Å². The van der Waals surface area contributed by atoms with Gasteiger partial charge in [-0.1, -0.05) is 12.2 Å². The van der Waals surface area contributed by atoms with E-state index in [1.165, 1.54) is 6.34 Å². The molecule has 60 valence electrons. The molecule has 4 heteroatoms. The lowest BCUT2D eigenvalue weighted by atomic mass is 9.97. The fourth-order valence-electron chi connectivity index (χ4n) is 1.13. The first-order valence-electron chi connectivity index (χ1n) is 3.47. The molecule has 0 radical (unpaired) electrons. The Morgan fingerprint density at radius 3 is 3.17 bits per heavy atom. The molecule has 1 atom stereocenters. The average Bonchev–Trinajstić information content (AvgIpc) is 2.04. The number of amides is 1. The van der Waals surface area contributed by atoms with Crippen LogP contribution in [0.4, 0.5) is 0 Å². The van der Waals surface area contributed by atoms with Crippen molar-refractivity contribution in [3.63, 3.8) is 0 Å². The van der Waals surface area contributed by atoms with E-state index in [-0.39, 0.29) is 11.8 Å². The number of halogens is 1. The Kier molecular flexibility index (Phi) is 1.92. The molecule has 1 heterocycles. The first kappa shape index (κ1) is 7.85. The third kappa shape index (κ3) is 1.26. The van der Waals surface area contributed by atoms with Crippen molar-refractivity contribution in [1.29, 1.82) is 0 Å². The van der Waals surface area contributed by atoms with E-state index in [9.17, 15) is 4.79 Å². The number of aliphatic imine (C=N–C) groups is 2. The van der Waals surface area contributed by atoms with Gasteiger partial charge >= 0.3 is 0 Å². The van der Waals surface area contributed by atoms with Crippen LogP contribution in [0, 0.1) is 5.92 Å². The lowest BCUT2D eigenvalue weighted by Gasteiger charge is -2.14. The van der Waals surface area contributed by atoms with Gasteiger partial charge in [0.25, 0.3) is 5.91 Å². The largest absolute Gasteiger partial charge is 0.271 e. The number of carbonyl (C=O) groups is 1. The van der Waals surface area contributed by atoms with Gasteiger partial charge in [-0.05, 0) is 28.7 Å². The van der Waals surface area contributed by atoms with Crippen LogP contribution in [0.5, 0.6) is 0 Å². The highest BCUT2D eigenvalue weighted by Crippen LogP contribution is 2.21. The van der Waals surface area contributed by atoms with Gasteiger partial charge in [0.15, 0.2) is 0 Å². The third-order valence-corrected chi connectivity index (χ3v) is 2.38. The molecule has 0 aromatic carbocycles. The van der Waals surface area contributed by atoms with E-state index < -0.39 is 0 Å². The molecule has 0 fully saturated rings. The van der Waals surface area contributed by atoms with E-state index in [1.807, 2.05) is 18.2 Å². The zero-order chi connectivity index (χ0) is 8.55.